The van der Waals surface area contributed by atoms with Crippen molar-refractivity contribution in [1.29, 1.82) is 0 Å². The molecule has 2 aliphatic rings. The Bertz CT molecular complexity index is 947. The second kappa shape index (κ2) is 6.23. The van der Waals surface area contributed by atoms with E-state index < -0.39 is 0 Å². The first kappa shape index (κ1) is 16.1. The van der Waals surface area contributed by atoms with Gasteiger partial charge in [0.15, 0.2) is 0 Å². The summed E-state index contributed by atoms with van der Waals surface area (Å²) in [5, 5.41) is 3.65. The van der Waals surface area contributed by atoms with Gasteiger partial charge in [0, 0.05) is 43.0 Å². The summed E-state index contributed by atoms with van der Waals surface area (Å²) < 4.78 is 5.04. The molecule has 1 fully saturated rings. The average molecular weight is 360 g/mol. The van der Waals surface area contributed by atoms with Gasteiger partial charge in [-0.05, 0) is 36.6 Å². The molecular formula is C21H20N4O2. The summed E-state index contributed by atoms with van der Waals surface area (Å²) in [7, 11) is 0. The van der Waals surface area contributed by atoms with Crippen LogP contribution in [0.2, 0.25) is 0 Å². The number of anilines is 2. The summed E-state index contributed by atoms with van der Waals surface area (Å²) in [6.07, 6.45) is 7.09. The average Bonchev–Trinajstić information content (AvgIpc) is 3.37. The van der Waals surface area contributed by atoms with Crippen molar-refractivity contribution < 1.29 is 9.32 Å². The van der Waals surface area contributed by atoms with Crippen molar-refractivity contribution >= 4 is 17.3 Å². The zero-order valence-corrected chi connectivity index (χ0v) is 14.9. The number of fused-ring (bicyclic) bond motifs is 2. The summed E-state index contributed by atoms with van der Waals surface area (Å²) in [6.45, 7) is 2.35. The van der Waals surface area contributed by atoms with Crippen LogP contribution >= 0.6 is 0 Å². The minimum Gasteiger partial charge on any atom is -0.351 e. The molecule has 0 saturated carbocycles. The zero-order chi connectivity index (χ0) is 18.3. The lowest BCUT2D eigenvalue weighted by molar-refractivity contribution is 0.0633. The fourth-order valence-corrected chi connectivity index (χ4v) is 4.42. The third-order valence-corrected chi connectivity index (χ3v) is 5.84. The van der Waals surface area contributed by atoms with Crippen molar-refractivity contribution in [3.63, 3.8) is 0 Å². The normalized spacial score (nSPS) is 17.9. The Morgan fingerprint density at radius 3 is 2.63 bits per heavy atom. The Hall–Kier alpha value is -3.15. The molecule has 0 aliphatic carbocycles. The monoisotopic (exact) mass is 360 g/mol. The predicted octanol–water partition coefficient (Wildman–Crippen LogP) is 3.40. The van der Waals surface area contributed by atoms with Gasteiger partial charge in [-0.1, -0.05) is 23.4 Å². The van der Waals surface area contributed by atoms with E-state index >= 15 is 0 Å². The van der Waals surface area contributed by atoms with Gasteiger partial charge in [-0.3, -0.25) is 9.78 Å². The molecule has 27 heavy (non-hydrogen) atoms. The van der Waals surface area contributed by atoms with Gasteiger partial charge in [0.25, 0.3) is 5.91 Å². The van der Waals surface area contributed by atoms with Gasteiger partial charge in [-0.25, -0.2) is 0 Å². The maximum atomic E-state index is 12.6. The van der Waals surface area contributed by atoms with Gasteiger partial charge in [-0.2, -0.15) is 0 Å². The quantitative estimate of drug-likeness (QED) is 0.701. The Balaban J connectivity index is 1.42. The van der Waals surface area contributed by atoms with E-state index in [4.69, 9.17) is 4.52 Å². The van der Waals surface area contributed by atoms with Crippen molar-refractivity contribution in [3.05, 3.63) is 72.4 Å². The number of hydrogen-bond acceptors (Lipinski definition) is 5. The van der Waals surface area contributed by atoms with E-state index in [1.54, 1.807) is 12.3 Å². The Morgan fingerprint density at radius 2 is 1.89 bits per heavy atom. The summed E-state index contributed by atoms with van der Waals surface area (Å²) in [6, 6.07) is 14.3. The number of pyridine rings is 1. The Labute approximate surface area is 157 Å². The molecule has 5 rings (SSSR count). The largest absolute Gasteiger partial charge is 0.351 e. The third-order valence-electron chi connectivity index (χ3n) is 5.84. The molecule has 0 bridgehead atoms. The van der Waals surface area contributed by atoms with E-state index in [0.29, 0.717) is 5.76 Å². The number of piperidine rings is 1. The lowest BCUT2D eigenvalue weighted by atomic mass is 9.74. The first-order valence-electron chi connectivity index (χ1n) is 9.24. The van der Waals surface area contributed by atoms with Crippen molar-refractivity contribution in [1.82, 2.24) is 15.0 Å². The minimum atomic E-state index is -0.0715. The van der Waals surface area contributed by atoms with E-state index in [9.17, 15) is 4.79 Å². The molecule has 1 amide bonds. The number of rotatable bonds is 2. The second-order valence-electron chi connectivity index (χ2n) is 7.26. The van der Waals surface area contributed by atoms with Crippen molar-refractivity contribution in [2.24, 2.45) is 0 Å². The third kappa shape index (κ3) is 2.60. The second-order valence-corrected chi connectivity index (χ2v) is 7.26. The first-order valence-corrected chi connectivity index (χ1v) is 9.24. The van der Waals surface area contributed by atoms with Gasteiger partial charge in [0.1, 0.15) is 0 Å². The number of carbonyl (C=O) groups is 1. The number of amides is 1. The number of likely N-dealkylation sites (tertiary alicyclic amines) is 1. The fraction of sp³-hybridized carbons (Fsp3) is 0.286. The summed E-state index contributed by atoms with van der Waals surface area (Å²) >= 11 is 0. The van der Waals surface area contributed by atoms with E-state index in [1.807, 2.05) is 17.2 Å². The van der Waals surface area contributed by atoms with Crippen molar-refractivity contribution in [2.75, 3.05) is 24.5 Å². The van der Waals surface area contributed by atoms with Crippen LogP contribution in [0.25, 0.3) is 0 Å². The number of benzene rings is 1. The highest BCUT2D eigenvalue weighted by molar-refractivity contribution is 5.91. The Kier molecular flexibility index (Phi) is 3.70. The molecule has 0 radical (unpaired) electrons. The molecule has 1 spiro atoms. The standard InChI is InChI=1S/C21H20N4O2/c26-20(19-7-11-23-27-19)24-12-8-21(9-13-24)15-25(16-4-3-10-22-14-16)18-6-2-1-5-17(18)21/h1-7,10-11,14H,8-9,12-13,15H2. The molecule has 0 atom stereocenters. The molecule has 1 aromatic carbocycles. The lowest BCUT2D eigenvalue weighted by Gasteiger charge is -2.39. The van der Waals surface area contributed by atoms with Crippen LogP contribution in [0.3, 0.4) is 0 Å². The van der Waals surface area contributed by atoms with Gasteiger partial charge in [-0.15, -0.1) is 0 Å². The fourth-order valence-electron chi connectivity index (χ4n) is 4.42. The van der Waals surface area contributed by atoms with Gasteiger partial charge >= 0.3 is 0 Å². The van der Waals surface area contributed by atoms with E-state index in [2.05, 4.69) is 45.4 Å². The number of hydrogen-bond donors (Lipinski definition) is 0. The summed E-state index contributed by atoms with van der Waals surface area (Å²) in [5.41, 5.74) is 3.80. The molecule has 3 aromatic rings. The van der Waals surface area contributed by atoms with E-state index in [0.717, 1.165) is 38.2 Å². The van der Waals surface area contributed by atoms with Crippen LogP contribution in [-0.2, 0) is 5.41 Å². The number of nitrogens with zero attached hydrogens (tertiary/aromatic N) is 4. The summed E-state index contributed by atoms with van der Waals surface area (Å²) in [4.78, 5) is 21.1. The molecule has 4 heterocycles. The van der Waals surface area contributed by atoms with Crippen LogP contribution in [0.1, 0.15) is 29.0 Å². The lowest BCUT2D eigenvalue weighted by Crippen LogP contribution is -2.46. The number of aromatic nitrogens is 2. The summed E-state index contributed by atoms with van der Waals surface area (Å²) in [5.74, 6) is 0.243. The van der Waals surface area contributed by atoms with Gasteiger partial charge in [0.05, 0.1) is 18.1 Å². The van der Waals surface area contributed by atoms with Crippen LogP contribution < -0.4 is 4.90 Å². The zero-order valence-electron chi connectivity index (χ0n) is 14.9. The van der Waals surface area contributed by atoms with Gasteiger partial charge in [0.2, 0.25) is 5.76 Å². The molecule has 136 valence electrons. The molecule has 6 nitrogen and oxygen atoms in total. The van der Waals surface area contributed by atoms with E-state index in [1.165, 1.54) is 17.4 Å². The smallest absolute Gasteiger partial charge is 0.292 e. The van der Waals surface area contributed by atoms with Crippen LogP contribution in [0.4, 0.5) is 11.4 Å². The number of para-hydroxylation sites is 1. The molecule has 0 N–H and O–H groups in total. The first-order chi connectivity index (χ1) is 13.3. The van der Waals surface area contributed by atoms with Gasteiger partial charge < -0.3 is 14.3 Å². The highest BCUT2D eigenvalue weighted by Gasteiger charge is 2.45. The highest BCUT2D eigenvalue weighted by Crippen LogP contribution is 2.49. The molecule has 1 saturated heterocycles. The topological polar surface area (TPSA) is 62.5 Å². The number of carbonyl (C=O) groups excluding carboxylic acids is 1. The van der Waals surface area contributed by atoms with Crippen LogP contribution in [0.15, 0.2) is 65.6 Å². The SMILES string of the molecule is O=C(c1ccno1)N1CCC2(CC1)CN(c1cccnc1)c1ccccc12. The Morgan fingerprint density at radius 1 is 1.04 bits per heavy atom. The molecule has 6 heteroatoms. The maximum Gasteiger partial charge on any atom is 0.292 e. The van der Waals surface area contributed by atoms with Crippen molar-refractivity contribution in [3.8, 4) is 0 Å². The van der Waals surface area contributed by atoms with Crippen molar-refractivity contribution in [2.45, 2.75) is 18.3 Å². The highest BCUT2D eigenvalue weighted by atomic mass is 16.5. The van der Waals surface area contributed by atoms with E-state index in [-0.39, 0.29) is 11.3 Å². The van der Waals surface area contributed by atoms with Crippen LogP contribution in [-0.4, -0.2) is 40.6 Å². The molecule has 2 aromatic heterocycles. The molecule has 0 unspecified atom stereocenters. The molecular weight excluding hydrogens is 340 g/mol. The van der Waals surface area contributed by atoms with Crippen LogP contribution in [0.5, 0.6) is 0 Å². The maximum absolute atomic E-state index is 12.6. The molecule has 2 aliphatic heterocycles. The minimum absolute atomic E-state index is 0.0601. The predicted molar refractivity (Wildman–Crippen MR) is 101 cm³/mol. The van der Waals surface area contributed by atoms with Crippen LogP contribution in [0, 0.1) is 0 Å².